The highest BCUT2D eigenvalue weighted by atomic mass is 32.2. The summed E-state index contributed by atoms with van der Waals surface area (Å²) < 4.78 is 38.4. The first-order valence-electron chi connectivity index (χ1n) is 8.41. The van der Waals surface area contributed by atoms with Gasteiger partial charge in [-0.05, 0) is 18.4 Å². The Bertz CT molecular complexity index is 666. The number of anilines is 1. The minimum absolute atomic E-state index is 0.169. The molecular weight excluding hydrogens is 383 g/mol. The normalized spacial score (nSPS) is 16.2. The van der Waals surface area contributed by atoms with E-state index in [1.807, 2.05) is 6.26 Å². The lowest BCUT2D eigenvalue weighted by Gasteiger charge is -2.37. The molecule has 0 aliphatic carbocycles. The van der Waals surface area contributed by atoms with E-state index in [1.54, 1.807) is 21.6 Å². The van der Waals surface area contributed by atoms with E-state index >= 15 is 0 Å². The summed E-state index contributed by atoms with van der Waals surface area (Å²) in [4.78, 5) is 34.5. The summed E-state index contributed by atoms with van der Waals surface area (Å²) in [6.07, 6.45) is -1.19. The highest BCUT2D eigenvalue weighted by molar-refractivity contribution is 7.98. The molecule has 1 saturated heterocycles. The van der Waals surface area contributed by atoms with E-state index in [1.165, 1.54) is 6.92 Å². The Balaban J connectivity index is 1.99. The van der Waals surface area contributed by atoms with E-state index in [2.05, 4.69) is 15.3 Å². The number of rotatable bonds is 6. The quantitative estimate of drug-likeness (QED) is 0.771. The van der Waals surface area contributed by atoms with Crippen LogP contribution in [0.25, 0.3) is 0 Å². The van der Waals surface area contributed by atoms with E-state index in [4.69, 9.17) is 0 Å². The number of nitrogens with zero attached hydrogens (tertiary/aromatic N) is 4. The number of carbonyl (C=O) groups is 2. The van der Waals surface area contributed by atoms with E-state index in [-0.39, 0.29) is 17.6 Å². The fourth-order valence-electron chi connectivity index (χ4n) is 2.79. The van der Waals surface area contributed by atoms with Crippen LogP contribution in [0.5, 0.6) is 0 Å². The Hall–Kier alpha value is -2.04. The summed E-state index contributed by atoms with van der Waals surface area (Å²) in [5.74, 6) is 0.481. The molecular formula is C16H22F3N5O2S. The first-order chi connectivity index (χ1) is 12.7. The van der Waals surface area contributed by atoms with Crippen LogP contribution in [0.4, 0.5) is 19.0 Å². The van der Waals surface area contributed by atoms with Gasteiger partial charge < -0.3 is 15.1 Å². The minimum Gasteiger partial charge on any atom is -0.353 e. The van der Waals surface area contributed by atoms with Gasteiger partial charge in [-0.25, -0.2) is 9.97 Å². The van der Waals surface area contributed by atoms with E-state index in [9.17, 15) is 22.8 Å². The topological polar surface area (TPSA) is 78.4 Å². The maximum absolute atomic E-state index is 12.8. The number of piperazine rings is 1. The van der Waals surface area contributed by atoms with Crippen molar-refractivity contribution >= 4 is 29.4 Å². The zero-order valence-electron chi connectivity index (χ0n) is 15.1. The summed E-state index contributed by atoms with van der Waals surface area (Å²) in [5.41, 5.74) is -0.992. The molecule has 7 nitrogen and oxygen atoms in total. The van der Waals surface area contributed by atoms with Crippen molar-refractivity contribution < 1.29 is 22.8 Å². The van der Waals surface area contributed by atoms with Gasteiger partial charge in [-0.3, -0.25) is 9.59 Å². The van der Waals surface area contributed by atoms with Crippen LogP contribution in [0.1, 0.15) is 19.0 Å². The predicted octanol–water partition coefficient (Wildman–Crippen LogP) is 1.40. The van der Waals surface area contributed by atoms with Gasteiger partial charge in [0.1, 0.15) is 23.9 Å². The molecule has 1 N–H and O–H groups in total. The molecule has 1 aromatic rings. The fraction of sp³-hybridized carbons (Fsp3) is 0.625. The summed E-state index contributed by atoms with van der Waals surface area (Å²) in [6, 6.07) is 0.327. The molecule has 0 aromatic carbocycles. The van der Waals surface area contributed by atoms with E-state index in [0.29, 0.717) is 32.6 Å². The number of thioether (sulfide) groups is 1. The Morgan fingerprint density at radius 3 is 2.48 bits per heavy atom. The predicted molar refractivity (Wildman–Crippen MR) is 96.4 cm³/mol. The summed E-state index contributed by atoms with van der Waals surface area (Å²) in [6.45, 7) is 2.77. The van der Waals surface area contributed by atoms with Crippen molar-refractivity contribution in [2.75, 3.05) is 43.1 Å². The average molecular weight is 405 g/mol. The van der Waals surface area contributed by atoms with Crippen LogP contribution in [0, 0.1) is 0 Å². The summed E-state index contributed by atoms with van der Waals surface area (Å²) in [5, 5.41) is 2.68. The molecule has 0 spiro atoms. The Kier molecular flexibility index (Phi) is 7.28. The molecule has 1 aliphatic rings. The molecule has 0 radical (unpaired) electrons. The van der Waals surface area contributed by atoms with Gasteiger partial charge in [0.25, 0.3) is 0 Å². The molecule has 1 atom stereocenters. The van der Waals surface area contributed by atoms with Crippen LogP contribution in [0.2, 0.25) is 0 Å². The average Bonchev–Trinajstić information content (AvgIpc) is 2.64. The van der Waals surface area contributed by atoms with Crippen molar-refractivity contribution in [3.63, 3.8) is 0 Å². The van der Waals surface area contributed by atoms with Gasteiger partial charge in [-0.15, -0.1) is 0 Å². The van der Waals surface area contributed by atoms with Crippen molar-refractivity contribution in [2.45, 2.75) is 25.6 Å². The minimum atomic E-state index is -4.53. The summed E-state index contributed by atoms with van der Waals surface area (Å²) >= 11 is 1.59. The number of alkyl halides is 3. The van der Waals surface area contributed by atoms with Crippen LogP contribution in [0.3, 0.4) is 0 Å². The van der Waals surface area contributed by atoms with Crippen molar-refractivity contribution in [3.8, 4) is 0 Å². The third-order valence-electron chi connectivity index (χ3n) is 4.14. The van der Waals surface area contributed by atoms with Gasteiger partial charge in [0.15, 0.2) is 0 Å². The second-order valence-electron chi connectivity index (χ2n) is 6.11. The molecule has 1 fully saturated rings. The van der Waals surface area contributed by atoms with Gasteiger partial charge in [-0.1, -0.05) is 0 Å². The molecule has 0 unspecified atom stereocenters. The second-order valence-corrected chi connectivity index (χ2v) is 7.09. The number of hydrogen-bond donors (Lipinski definition) is 1. The van der Waals surface area contributed by atoms with Crippen LogP contribution >= 0.6 is 11.8 Å². The molecule has 11 heteroatoms. The molecule has 1 aromatic heterocycles. The smallest absolute Gasteiger partial charge is 0.353 e. The first kappa shape index (κ1) is 21.3. The van der Waals surface area contributed by atoms with Gasteiger partial charge in [0.05, 0.1) is 0 Å². The lowest BCUT2D eigenvalue weighted by Crippen LogP contribution is -2.55. The van der Waals surface area contributed by atoms with Gasteiger partial charge in [0.2, 0.25) is 11.8 Å². The molecule has 2 amide bonds. The molecule has 2 heterocycles. The standard InChI is InChI=1S/C16H22F3N5O2S/c1-11(25)22-12(3-8-27-2)15(26)24-6-4-23(5-7-24)14-9-13(16(17,18)19)20-10-21-14/h9-10,12H,3-8H2,1-2H3,(H,22,25)/t12-/m0/s1. The van der Waals surface area contributed by atoms with Crippen molar-refractivity contribution in [1.29, 1.82) is 0 Å². The zero-order valence-corrected chi connectivity index (χ0v) is 15.9. The van der Waals surface area contributed by atoms with Crippen molar-refractivity contribution in [2.24, 2.45) is 0 Å². The number of amides is 2. The molecule has 2 rings (SSSR count). The third-order valence-corrected chi connectivity index (χ3v) is 4.79. The lowest BCUT2D eigenvalue weighted by molar-refractivity contribution is -0.141. The summed E-state index contributed by atoms with van der Waals surface area (Å²) in [7, 11) is 0. The van der Waals surface area contributed by atoms with E-state index < -0.39 is 17.9 Å². The Morgan fingerprint density at radius 1 is 1.26 bits per heavy atom. The van der Waals surface area contributed by atoms with Gasteiger partial charge >= 0.3 is 6.18 Å². The van der Waals surface area contributed by atoms with Crippen molar-refractivity contribution in [3.05, 3.63) is 18.1 Å². The van der Waals surface area contributed by atoms with Crippen LogP contribution < -0.4 is 10.2 Å². The Labute approximate surface area is 159 Å². The number of hydrogen-bond acceptors (Lipinski definition) is 6. The molecule has 0 bridgehead atoms. The largest absolute Gasteiger partial charge is 0.433 e. The maximum Gasteiger partial charge on any atom is 0.433 e. The number of aromatic nitrogens is 2. The third kappa shape index (κ3) is 5.98. The number of halogens is 3. The number of nitrogens with one attached hydrogen (secondary N) is 1. The molecule has 150 valence electrons. The zero-order chi connectivity index (χ0) is 20.0. The fourth-order valence-corrected chi connectivity index (χ4v) is 3.26. The monoisotopic (exact) mass is 405 g/mol. The first-order valence-corrected chi connectivity index (χ1v) is 9.80. The van der Waals surface area contributed by atoms with Crippen molar-refractivity contribution in [1.82, 2.24) is 20.2 Å². The SMILES string of the molecule is CSCC[C@H](NC(C)=O)C(=O)N1CCN(c2cc(C(F)(F)F)ncn2)CC1. The second kappa shape index (κ2) is 9.25. The molecule has 1 aliphatic heterocycles. The van der Waals surface area contributed by atoms with Gasteiger partial charge in [-0.2, -0.15) is 24.9 Å². The molecule has 0 saturated carbocycles. The molecule has 27 heavy (non-hydrogen) atoms. The van der Waals surface area contributed by atoms with E-state index in [0.717, 1.165) is 18.1 Å². The maximum atomic E-state index is 12.8. The van der Waals surface area contributed by atoms with Crippen LogP contribution in [-0.2, 0) is 15.8 Å². The van der Waals surface area contributed by atoms with Crippen LogP contribution in [0.15, 0.2) is 12.4 Å². The van der Waals surface area contributed by atoms with Crippen LogP contribution in [-0.4, -0.2) is 70.9 Å². The highest BCUT2D eigenvalue weighted by Crippen LogP contribution is 2.29. The van der Waals surface area contributed by atoms with Gasteiger partial charge in [0, 0.05) is 39.2 Å². The lowest BCUT2D eigenvalue weighted by atomic mass is 10.1. The Morgan fingerprint density at radius 2 is 1.93 bits per heavy atom. The highest BCUT2D eigenvalue weighted by Gasteiger charge is 2.34. The number of carbonyl (C=O) groups excluding carboxylic acids is 2.